The molecule has 1 atom stereocenters. The van der Waals surface area contributed by atoms with E-state index in [1.807, 2.05) is 18.7 Å². The molecule has 90 valence electrons. The third-order valence-electron chi connectivity index (χ3n) is 3.08. The van der Waals surface area contributed by atoms with Crippen LogP contribution >= 0.6 is 0 Å². The van der Waals surface area contributed by atoms with Gasteiger partial charge >= 0.3 is 5.97 Å². The average Bonchev–Trinajstić information content (AvgIpc) is 2.92. The molecule has 5 nitrogen and oxygen atoms in total. The molecule has 1 unspecified atom stereocenters. The van der Waals surface area contributed by atoms with E-state index in [0.717, 1.165) is 12.8 Å². The number of hydrogen-bond acceptors (Lipinski definition) is 3. The van der Waals surface area contributed by atoms with E-state index in [9.17, 15) is 9.59 Å². The summed E-state index contributed by atoms with van der Waals surface area (Å²) in [7, 11) is 0. The topological polar surface area (TPSA) is 69.6 Å². The van der Waals surface area contributed by atoms with Gasteiger partial charge in [0.2, 0.25) is 5.91 Å². The van der Waals surface area contributed by atoms with Gasteiger partial charge in [-0.05, 0) is 26.7 Å². The summed E-state index contributed by atoms with van der Waals surface area (Å²) >= 11 is 0. The Labute approximate surface area is 94.8 Å². The second-order valence-electron chi connectivity index (χ2n) is 5.38. The molecule has 0 aromatic heterocycles. The number of hydrogen-bond donors (Lipinski definition) is 2. The first kappa shape index (κ1) is 11.4. The molecule has 1 heterocycles. The van der Waals surface area contributed by atoms with Crippen LogP contribution in [0.2, 0.25) is 0 Å². The molecule has 2 aliphatic rings. The van der Waals surface area contributed by atoms with Crippen molar-refractivity contribution in [1.82, 2.24) is 10.2 Å². The first-order chi connectivity index (χ1) is 7.39. The second-order valence-corrected chi connectivity index (χ2v) is 5.38. The minimum atomic E-state index is -0.931. The normalized spacial score (nSPS) is 29.2. The molecule has 0 spiro atoms. The zero-order valence-electron chi connectivity index (χ0n) is 9.69. The van der Waals surface area contributed by atoms with E-state index >= 15 is 0 Å². The fourth-order valence-corrected chi connectivity index (χ4v) is 2.29. The molecule has 5 heteroatoms. The van der Waals surface area contributed by atoms with Crippen LogP contribution in [0.3, 0.4) is 0 Å². The molecule has 2 N–H and O–H groups in total. The van der Waals surface area contributed by atoms with Crippen LogP contribution in [0.1, 0.15) is 33.1 Å². The van der Waals surface area contributed by atoms with Crippen molar-refractivity contribution in [1.29, 1.82) is 0 Å². The zero-order chi connectivity index (χ0) is 11.9. The van der Waals surface area contributed by atoms with Crippen molar-refractivity contribution in [2.75, 3.05) is 6.54 Å². The predicted molar refractivity (Wildman–Crippen MR) is 58.0 cm³/mol. The highest BCUT2D eigenvalue weighted by Gasteiger charge is 2.44. The fourth-order valence-electron chi connectivity index (χ4n) is 2.29. The summed E-state index contributed by atoms with van der Waals surface area (Å²) in [6.07, 6.45) is 1.98. The predicted octanol–water partition coefficient (Wildman–Crippen LogP) is 0.203. The molecule has 0 aromatic rings. The molecule has 2 rings (SSSR count). The highest BCUT2D eigenvalue weighted by Crippen LogP contribution is 2.31. The Morgan fingerprint density at radius 2 is 2.19 bits per heavy atom. The number of carbonyl (C=O) groups is 2. The lowest BCUT2D eigenvalue weighted by atomic mass is 9.96. The molecular formula is C11H18N2O3. The Morgan fingerprint density at radius 3 is 2.69 bits per heavy atom. The number of nitrogens with one attached hydrogen (secondary N) is 1. The maximum absolute atomic E-state index is 12.0. The van der Waals surface area contributed by atoms with Gasteiger partial charge in [-0.2, -0.15) is 0 Å². The first-order valence-corrected chi connectivity index (χ1v) is 5.69. The standard InChI is InChI=1S/C11H18N2O3/c1-11(2)6-13(7-3-4-7)10(16)8(12-11)5-9(14)15/h7-8,12H,3-6H2,1-2H3,(H,14,15). The molecule has 1 aliphatic carbocycles. The summed E-state index contributed by atoms with van der Waals surface area (Å²) in [5.74, 6) is -0.983. The van der Waals surface area contributed by atoms with Gasteiger partial charge in [-0.3, -0.25) is 14.9 Å². The summed E-state index contributed by atoms with van der Waals surface area (Å²) < 4.78 is 0. The number of carboxylic acid groups (broad SMARTS) is 1. The Balaban J connectivity index is 2.11. The van der Waals surface area contributed by atoms with Gasteiger partial charge in [0, 0.05) is 18.1 Å². The van der Waals surface area contributed by atoms with Gasteiger partial charge in [0.25, 0.3) is 0 Å². The lowest BCUT2D eigenvalue weighted by Gasteiger charge is -2.43. The Hall–Kier alpha value is -1.10. The Morgan fingerprint density at radius 1 is 1.56 bits per heavy atom. The minimum Gasteiger partial charge on any atom is -0.481 e. The van der Waals surface area contributed by atoms with E-state index < -0.39 is 12.0 Å². The van der Waals surface area contributed by atoms with Gasteiger partial charge in [-0.1, -0.05) is 0 Å². The molecule has 1 saturated carbocycles. The number of piperazine rings is 1. The summed E-state index contributed by atoms with van der Waals surface area (Å²) in [4.78, 5) is 24.6. The van der Waals surface area contributed by atoms with Gasteiger partial charge in [-0.25, -0.2) is 0 Å². The van der Waals surface area contributed by atoms with Crippen LogP contribution in [0.25, 0.3) is 0 Å². The van der Waals surface area contributed by atoms with Crippen LogP contribution in [0.4, 0.5) is 0 Å². The molecule has 0 aromatic carbocycles. The molecule has 1 amide bonds. The molecule has 2 fully saturated rings. The van der Waals surface area contributed by atoms with Crippen molar-refractivity contribution in [3.8, 4) is 0 Å². The summed E-state index contributed by atoms with van der Waals surface area (Å²) in [6.45, 7) is 4.68. The number of aliphatic carboxylic acids is 1. The first-order valence-electron chi connectivity index (χ1n) is 5.69. The highest BCUT2D eigenvalue weighted by atomic mass is 16.4. The quantitative estimate of drug-likeness (QED) is 0.721. The molecule has 16 heavy (non-hydrogen) atoms. The van der Waals surface area contributed by atoms with Gasteiger partial charge in [0.05, 0.1) is 12.5 Å². The maximum Gasteiger partial charge on any atom is 0.305 e. The summed E-state index contributed by atoms with van der Waals surface area (Å²) in [5, 5.41) is 11.9. The molecule has 1 aliphatic heterocycles. The van der Waals surface area contributed by atoms with Crippen LogP contribution in [0.5, 0.6) is 0 Å². The van der Waals surface area contributed by atoms with Crippen LogP contribution in [-0.4, -0.2) is 46.1 Å². The molecular weight excluding hydrogens is 208 g/mol. The van der Waals surface area contributed by atoms with E-state index in [4.69, 9.17) is 5.11 Å². The van der Waals surface area contributed by atoms with E-state index in [2.05, 4.69) is 5.32 Å². The fraction of sp³-hybridized carbons (Fsp3) is 0.818. The third-order valence-corrected chi connectivity index (χ3v) is 3.08. The maximum atomic E-state index is 12.0. The molecule has 0 bridgehead atoms. The monoisotopic (exact) mass is 226 g/mol. The van der Waals surface area contributed by atoms with E-state index in [1.165, 1.54) is 0 Å². The number of nitrogens with zero attached hydrogens (tertiary/aromatic N) is 1. The molecule has 1 saturated heterocycles. The largest absolute Gasteiger partial charge is 0.481 e. The van der Waals surface area contributed by atoms with Crippen molar-refractivity contribution in [3.05, 3.63) is 0 Å². The average molecular weight is 226 g/mol. The van der Waals surface area contributed by atoms with E-state index in [-0.39, 0.29) is 17.9 Å². The number of carbonyl (C=O) groups excluding carboxylic acids is 1. The van der Waals surface area contributed by atoms with Crippen molar-refractivity contribution in [2.24, 2.45) is 0 Å². The summed E-state index contributed by atoms with van der Waals surface area (Å²) in [5.41, 5.74) is -0.198. The van der Waals surface area contributed by atoms with Crippen molar-refractivity contribution >= 4 is 11.9 Å². The lowest BCUT2D eigenvalue weighted by Crippen LogP contribution is -2.65. The lowest BCUT2D eigenvalue weighted by molar-refractivity contribution is -0.146. The van der Waals surface area contributed by atoms with Crippen molar-refractivity contribution in [2.45, 2.75) is 50.7 Å². The van der Waals surface area contributed by atoms with Gasteiger partial charge in [0.15, 0.2) is 0 Å². The smallest absolute Gasteiger partial charge is 0.305 e. The highest BCUT2D eigenvalue weighted by molar-refractivity contribution is 5.87. The SMILES string of the molecule is CC1(C)CN(C2CC2)C(=O)C(CC(=O)O)N1. The van der Waals surface area contributed by atoms with Crippen molar-refractivity contribution < 1.29 is 14.7 Å². The Bertz CT molecular complexity index is 323. The van der Waals surface area contributed by atoms with Gasteiger partial charge in [-0.15, -0.1) is 0 Å². The Kier molecular flexibility index (Phi) is 2.66. The van der Waals surface area contributed by atoms with Crippen molar-refractivity contribution in [3.63, 3.8) is 0 Å². The van der Waals surface area contributed by atoms with Crippen LogP contribution in [0.15, 0.2) is 0 Å². The second kappa shape index (κ2) is 3.73. The van der Waals surface area contributed by atoms with Crippen LogP contribution in [0, 0.1) is 0 Å². The molecule has 0 radical (unpaired) electrons. The van der Waals surface area contributed by atoms with E-state index in [0.29, 0.717) is 12.6 Å². The van der Waals surface area contributed by atoms with E-state index in [1.54, 1.807) is 0 Å². The van der Waals surface area contributed by atoms with Gasteiger partial charge in [0.1, 0.15) is 0 Å². The number of amides is 1. The minimum absolute atomic E-state index is 0.0516. The number of rotatable bonds is 3. The van der Waals surface area contributed by atoms with Crippen LogP contribution in [-0.2, 0) is 9.59 Å². The zero-order valence-corrected chi connectivity index (χ0v) is 9.69. The van der Waals surface area contributed by atoms with Crippen LogP contribution < -0.4 is 5.32 Å². The third kappa shape index (κ3) is 2.35. The number of carboxylic acids is 1. The summed E-state index contributed by atoms with van der Waals surface area (Å²) in [6, 6.07) is -0.216. The van der Waals surface area contributed by atoms with Gasteiger partial charge < -0.3 is 10.0 Å².